The molecule has 114 valence electrons. The lowest BCUT2D eigenvalue weighted by atomic mass is 10.2. The van der Waals surface area contributed by atoms with Crippen molar-refractivity contribution in [3.63, 3.8) is 0 Å². The van der Waals surface area contributed by atoms with Crippen LogP contribution in [0.4, 0.5) is 5.69 Å². The number of hydrogen-bond acceptors (Lipinski definition) is 5. The molecule has 2 rings (SSSR count). The third kappa shape index (κ3) is 3.49. The summed E-state index contributed by atoms with van der Waals surface area (Å²) < 4.78 is 5.48. The number of nitro benzene ring substituents is 1. The first-order valence-corrected chi connectivity index (χ1v) is 6.86. The van der Waals surface area contributed by atoms with Crippen LogP contribution < -0.4 is 4.74 Å². The molecule has 0 radical (unpaired) electrons. The molecule has 1 aliphatic heterocycles. The van der Waals surface area contributed by atoms with Crippen LogP contribution in [0.5, 0.6) is 5.75 Å². The smallest absolute Gasteiger partial charge is 0.310 e. The molecule has 7 nitrogen and oxygen atoms in total. The van der Waals surface area contributed by atoms with Gasteiger partial charge in [0.1, 0.15) is 0 Å². The molecule has 1 amide bonds. The Labute approximate surface area is 122 Å². The molecule has 1 fully saturated rings. The van der Waals surface area contributed by atoms with Gasteiger partial charge in [-0.3, -0.25) is 14.9 Å². The number of benzene rings is 1. The Hall–Kier alpha value is -2.15. The number of aliphatic hydroxyl groups excluding tert-OH is 1. The molecule has 1 heterocycles. The van der Waals surface area contributed by atoms with Crippen molar-refractivity contribution in [3.05, 3.63) is 33.9 Å². The van der Waals surface area contributed by atoms with Gasteiger partial charge in [-0.1, -0.05) is 0 Å². The van der Waals surface area contributed by atoms with Gasteiger partial charge in [-0.15, -0.1) is 0 Å². The Morgan fingerprint density at radius 1 is 1.48 bits per heavy atom. The molecule has 0 spiro atoms. The zero-order valence-electron chi connectivity index (χ0n) is 11.8. The second-order valence-electron chi connectivity index (χ2n) is 5.01. The Bertz CT molecular complexity index is 540. The predicted octanol–water partition coefficient (Wildman–Crippen LogP) is 1.48. The minimum absolute atomic E-state index is 0.00611. The highest BCUT2D eigenvalue weighted by Gasteiger charge is 2.26. The molecule has 1 aromatic rings. The topological polar surface area (TPSA) is 92.9 Å². The number of carbonyl (C=O) groups excluding carboxylic acids is 1. The Balaban J connectivity index is 2.16. The van der Waals surface area contributed by atoms with Crippen LogP contribution in [-0.4, -0.2) is 40.0 Å². The van der Waals surface area contributed by atoms with Crippen LogP contribution in [0.3, 0.4) is 0 Å². The van der Waals surface area contributed by atoms with E-state index in [2.05, 4.69) is 0 Å². The summed E-state index contributed by atoms with van der Waals surface area (Å²) in [6.45, 7) is 2.73. The van der Waals surface area contributed by atoms with Gasteiger partial charge in [0.25, 0.3) is 5.91 Å². The average Bonchev–Trinajstić information content (AvgIpc) is 3.00. The van der Waals surface area contributed by atoms with E-state index >= 15 is 0 Å². The van der Waals surface area contributed by atoms with E-state index in [1.807, 2.05) is 0 Å². The molecule has 1 unspecified atom stereocenters. The van der Waals surface area contributed by atoms with Crippen molar-refractivity contribution in [1.82, 2.24) is 4.90 Å². The van der Waals surface area contributed by atoms with Crippen molar-refractivity contribution in [2.45, 2.75) is 32.5 Å². The van der Waals surface area contributed by atoms with E-state index in [0.29, 0.717) is 18.7 Å². The van der Waals surface area contributed by atoms with Crippen molar-refractivity contribution in [2.24, 2.45) is 0 Å². The van der Waals surface area contributed by atoms with E-state index < -0.39 is 11.0 Å². The highest BCUT2D eigenvalue weighted by molar-refractivity contribution is 5.81. The number of amides is 1. The SMILES string of the molecule is CC(Oc1cc(CO)ccc1[N+](=O)[O-])C(=O)N1CCCC1. The second-order valence-corrected chi connectivity index (χ2v) is 5.01. The van der Waals surface area contributed by atoms with E-state index in [-0.39, 0.29) is 24.0 Å². The van der Waals surface area contributed by atoms with Gasteiger partial charge in [0.2, 0.25) is 0 Å². The number of likely N-dealkylation sites (tertiary alicyclic amines) is 1. The number of ether oxygens (including phenoxy) is 1. The summed E-state index contributed by atoms with van der Waals surface area (Å²) in [4.78, 5) is 24.3. The van der Waals surface area contributed by atoms with Crippen LogP contribution in [0.2, 0.25) is 0 Å². The van der Waals surface area contributed by atoms with Gasteiger partial charge in [0.05, 0.1) is 11.5 Å². The third-order valence-electron chi connectivity index (χ3n) is 3.47. The molecule has 21 heavy (non-hydrogen) atoms. The highest BCUT2D eigenvalue weighted by Crippen LogP contribution is 2.29. The highest BCUT2D eigenvalue weighted by atomic mass is 16.6. The van der Waals surface area contributed by atoms with Gasteiger partial charge >= 0.3 is 5.69 Å². The summed E-state index contributed by atoms with van der Waals surface area (Å²) in [5, 5.41) is 20.1. The summed E-state index contributed by atoms with van der Waals surface area (Å²) >= 11 is 0. The van der Waals surface area contributed by atoms with Gasteiger partial charge in [0.15, 0.2) is 11.9 Å². The quantitative estimate of drug-likeness (QED) is 0.656. The van der Waals surface area contributed by atoms with Crippen LogP contribution in [0, 0.1) is 10.1 Å². The van der Waals surface area contributed by atoms with Crippen LogP contribution in [0.15, 0.2) is 18.2 Å². The molecule has 0 saturated carbocycles. The Kier molecular flexibility index (Phi) is 4.74. The normalized spacial score (nSPS) is 15.8. The molecule has 7 heteroatoms. The molecule has 1 aliphatic rings. The molecule has 1 aromatic carbocycles. The molecule has 1 N–H and O–H groups in total. The van der Waals surface area contributed by atoms with Gasteiger partial charge in [-0.05, 0) is 37.5 Å². The number of nitro groups is 1. The van der Waals surface area contributed by atoms with Crippen LogP contribution in [0.25, 0.3) is 0 Å². The Morgan fingerprint density at radius 2 is 2.14 bits per heavy atom. The minimum atomic E-state index is -0.796. The first-order chi connectivity index (χ1) is 10.0. The standard InChI is InChI=1S/C14H18N2O5/c1-10(14(18)15-6-2-3-7-15)21-13-8-11(9-17)4-5-12(13)16(19)20/h4-5,8,10,17H,2-3,6-7,9H2,1H3. The monoisotopic (exact) mass is 294 g/mol. The number of rotatable bonds is 5. The fourth-order valence-corrected chi connectivity index (χ4v) is 2.34. The lowest BCUT2D eigenvalue weighted by molar-refractivity contribution is -0.386. The lowest BCUT2D eigenvalue weighted by Crippen LogP contribution is -2.38. The summed E-state index contributed by atoms with van der Waals surface area (Å²) in [5.74, 6) is -0.164. The average molecular weight is 294 g/mol. The second kappa shape index (κ2) is 6.53. The molecule has 0 aromatic heterocycles. The molecular formula is C14H18N2O5. The summed E-state index contributed by atoms with van der Waals surface area (Å²) in [5.41, 5.74) is 0.282. The van der Waals surface area contributed by atoms with Crippen molar-refractivity contribution in [2.75, 3.05) is 13.1 Å². The molecule has 0 aliphatic carbocycles. The maximum absolute atomic E-state index is 12.2. The van der Waals surface area contributed by atoms with E-state index in [0.717, 1.165) is 12.8 Å². The molecular weight excluding hydrogens is 276 g/mol. The van der Waals surface area contributed by atoms with Crippen molar-refractivity contribution in [3.8, 4) is 5.75 Å². The van der Waals surface area contributed by atoms with Crippen molar-refractivity contribution in [1.29, 1.82) is 0 Å². The zero-order chi connectivity index (χ0) is 15.4. The molecule has 1 saturated heterocycles. The van der Waals surface area contributed by atoms with E-state index in [4.69, 9.17) is 9.84 Å². The third-order valence-corrected chi connectivity index (χ3v) is 3.47. The Morgan fingerprint density at radius 3 is 2.71 bits per heavy atom. The van der Waals surface area contributed by atoms with Crippen LogP contribution in [-0.2, 0) is 11.4 Å². The van der Waals surface area contributed by atoms with Crippen molar-refractivity contribution >= 4 is 11.6 Å². The predicted molar refractivity (Wildman–Crippen MR) is 74.9 cm³/mol. The zero-order valence-corrected chi connectivity index (χ0v) is 11.8. The first kappa shape index (κ1) is 15.2. The van der Waals surface area contributed by atoms with E-state index in [1.165, 1.54) is 18.2 Å². The van der Waals surface area contributed by atoms with Crippen LogP contribution in [0.1, 0.15) is 25.3 Å². The van der Waals surface area contributed by atoms with Crippen molar-refractivity contribution < 1.29 is 19.6 Å². The van der Waals surface area contributed by atoms with Gasteiger partial charge < -0.3 is 14.7 Å². The molecule has 0 bridgehead atoms. The van der Waals surface area contributed by atoms with E-state index in [9.17, 15) is 14.9 Å². The number of nitrogens with zero attached hydrogens (tertiary/aromatic N) is 2. The summed E-state index contributed by atoms with van der Waals surface area (Å²) in [7, 11) is 0. The summed E-state index contributed by atoms with van der Waals surface area (Å²) in [6.07, 6.45) is 1.15. The summed E-state index contributed by atoms with van der Waals surface area (Å²) in [6, 6.07) is 4.12. The maximum atomic E-state index is 12.2. The number of aliphatic hydroxyl groups is 1. The number of hydrogen-bond donors (Lipinski definition) is 1. The fraction of sp³-hybridized carbons (Fsp3) is 0.500. The first-order valence-electron chi connectivity index (χ1n) is 6.86. The minimum Gasteiger partial charge on any atom is -0.474 e. The lowest BCUT2D eigenvalue weighted by Gasteiger charge is -2.21. The fourth-order valence-electron chi connectivity index (χ4n) is 2.34. The van der Waals surface area contributed by atoms with Gasteiger partial charge in [-0.25, -0.2) is 0 Å². The van der Waals surface area contributed by atoms with Gasteiger partial charge in [-0.2, -0.15) is 0 Å². The van der Waals surface area contributed by atoms with Gasteiger partial charge in [0, 0.05) is 19.2 Å². The maximum Gasteiger partial charge on any atom is 0.310 e. The van der Waals surface area contributed by atoms with E-state index in [1.54, 1.807) is 11.8 Å². The van der Waals surface area contributed by atoms with Crippen LogP contribution >= 0.6 is 0 Å². The largest absolute Gasteiger partial charge is 0.474 e. The number of carbonyl (C=O) groups is 1. The molecule has 1 atom stereocenters.